The summed E-state index contributed by atoms with van der Waals surface area (Å²) in [7, 11) is 0. The van der Waals surface area contributed by atoms with Crippen LogP contribution in [-0.4, -0.2) is 30.6 Å². The van der Waals surface area contributed by atoms with Crippen LogP contribution in [0.3, 0.4) is 0 Å². The lowest BCUT2D eigenvalue weighted by Gasteiger charge is -2.17. The van der Waals surface area contributed by atoms with Crippen molar-refractivity contribution in [1.29, 1.82) is 0 Å². The summed E-state index contributed by atoms with van der Waals surface area (Å²) in [4.78, 5) is 19.5. The molecule has 3 aromatic rings. The molecule has 2 heterocycles. The quantitative estimate of drug-likeness (QED) is 0.613. The predicted octanol–water partition coefficient (Wildman–Crippen LogP) is 4.77. The van der Waals surface area contributed by atoms with Gasteiger partial charge in [-0.25, -0.2) is 4.98 Å². The first-order valence-corrected chi connectivity index (χ1v) is 10.9. The molecule has 0 radical (unpaired) electrons. The van der Waals surface area contributed by atoms with E-state index in [4.69, 9.17) is 4.74 Å². The topological polar surface area (TPSA) is 54.5 Å². The normalized spacial score (nSPS) is 12.7. The van der Waals surface area contributed by atoms with E-state index in [1.807, 2.05) is 42.6 Å². The summed E-state index contributed by atoms with van der Waals surface area (Å²) in [5.41, 5.74) is 5.24. The van der Waals surface area contributed by atoms with Crippen LogP contribution >= 0.6 is 11.3 Å². The van der Waals surface area contributed by atoms with Gasteiger partial charge in [0.1, 0.15) is 10.8 Å². The second-order valence-electron chi connectivity index (χ2n) is 7.00. The van der Waals surface area contributed by atoms with E-state index in [9.17, 15) is 4.79 Å². The number of carbonyl (C=O) groups excluding carboxylic acids is 1. The van der Waals surface area contributed by atoms with Crippen LogP contribution in [0.15, 0.2) is 47.8 Å². The fraction of sp³-hybridized carbons (Fsp3) is 0.304. The molecule has 1 N–H and O–H groups in total. The number of ether oxygens (including phenoxy) is 1. The second-order valence-corrected chi connectivity index (χ2v) is 7.86. The number of aromatic nitrogens is 1. The number of hydrogen-bond donors (Lipinski definition) is 1. The molecule has 0 atom stereocenters. The maximum atomic E-state index is 12.5. The number of amides is 1. The number of nitrogens with one attached hydrogen (secondary N) is 1. The van der Waals surface area contributed by atoms with Gasteiger partial charge in [-0.1, -0.05) is 6.07 Å². The molecule has 0 saturated heterocycles. The maximum Gasteiger partial charge on any atom is 0.230 e. The molecule has 0 unspecified atom stereocenters. The number of rotatable bonds is 7. The Hall–Kier alpha value is -2.86. The van der Waals surface area contributed by atoms with E-state index in [2.05, 4.69) is 34.3 Å². The highest BCUT2D eigenvalue weighted by Crippen LogP contribution is 2.31. The minimum absolute atomic E-state index is 0.0467. The van der Waals surface area contributed by atoms with Gasteiger partial charge in [0.15, 0.2) is 0 Å². The average molecular weight is 408 g/mol. The Kier molecular flexibility index (Phi) is 5.81. The van der Waals surface area contributed by atoms with Crippen molar-refractivity contribution in [3.8, 4) is 16.3 Å². The number of hydrogen-bond acceptors (Lipinski definition) is 5. The molecule has 2 aromatic carbocycles. The Bertz CT molecular complexity index is 998. The van der Waals surface area contributed by atoms with E-state index in [-0.39, 0.29) is 12.3 Å². The van der Waals surface area contributed by atoms with Crippen molar-refractivity contribution in [2.45, 2.75) is 26.7 Å². The molecule has 0 spiro atoms. The summed E-state index contributed by atoms with van der Waals surface area (Å²) in [6.45, 7) is 6.81. The molecular formula is C23H25N3O2S. The monoisotopic (exact) mass is 407 g/mol. The standard InChI is InChI=1S/C23H25N3O2S/c1-3-26-12-11-16-5-8-18(13-21(16)26)24-22(27)14-19-15-29-23(25-19)17-6-9-20(10-7-17)28-4-2/h5-10,13,15H,3-4,11-12,14H2,1-2H3,(H,24,27). The molecule has 0 bridgehead atoms. The second kappa shape index (κ2) is 8.66. The summed E-state index contributed by atoms with van der Waals surface area (Å²) >= 11 is 1.55. The summed E-state index contributed by atoms with van der Waals surface area (Å²) in [6.07, 6.45) is 1.34. The van der Waals surface area contributed by atoms with Gasteiger partial charge in [0.2, 0.25) is 5.91 Å². The van der Waals surface area contributed by atoms with Crippen LogP contribution in [0.5, 0.6) is 5.75 Å². The zero-order valence-electron chi connectivity index (χ0n) is 16.8. The van der Waals surface area contributed by atoms with Crippen molar-refractivity contribution in [2.75, 3.05) is 29.9 Å². The fourth-order valence-corrected chi connectivity index (χ4v) is 4.43. The first-order valence-electron chi connectivity index (χ1n) is 10.0. The minimum Gasteiger partial charge on any atom is -0.494 e. The predicted molar refractivity (Wildman–Crippen MR) is 119 cm³/mol. The molecule has 1 aliphatic heterocycles. The summed E-state index contributed by atoms with van der Waals surface area (Å²) in [5, 5.41) is 5.88. The van der Waals surface area contributed by atoms with Gasteiger partial charge < -0.3 is 15.0 Å². The zero-order valence-corrected chi connectivity index (χ0v) is 17.6. The van der Waals surface area contributed by atoms with Gasteiger partial charge in [0, 0.05) is 35.4 Å². The number of nitrogens with zero attached hydrogens (tertiary/aromatic N) is 2. The molecule has 0 fully saturated rings. The van der Waals surface area contributed by atoms with Gasteiger partial charge in [0.05, 0.1) is 18.7 Å². The Balaban J connectivity index is 1.39. The Morgan fingerprint density at radius 1 is 1.21 bits per heavy atom. The van der Waals surface area contributed by atoms with Crippen LogP contribution in [0.2, 0.25) is 0 Å². The molecule has 4 rings (SSSR count). The van der Waals surface area contributed by atoms with E-state index >= 15 is 0 Å². The third kappa shape index (κ3) is 4.43. The van der Waals surface area contributed by atoms with Crippen LogP contribution in [-0.2, 0) is 17.6 Å². The molecule has 1 aliphatic rings. The summed E-state index contributed by atoms with van der Waals surface area (Å²) in [6, 6.07) is 14.1. The Labute approximate surface area is 175 Å². The average Bonchev–Trinajstić information content (AvgIpc) is 3.35. The lowest BCUT2D eigenvalue weighted by atomic mass is 10.1. The Morgan fingerprint density at radius 2 is 2.03 bits per heavy atom. The largest absolute Gasteiger partial charge is 0.494 e. The molecule has 29 heavy (non-hydrogen) atoms. The SMILES string of the molecule is CCOc1ccc(-c2nc(CC(=O)Nc3ccc4c(c3)N(CC)CC4)cs2)cc1. The number of thiazole rings is 1. The van der Waals surface area contributed by atoms with Gasteiger partial charge in [-0.15, -0.1) is 11.3 Å². The van der Waals surface area contributed by atoms with Crippen LogP contribution < -0.4 is 15.0 Å². The highest BCUT2D eigenvalue weighted by molar-refractivity contribution is 7.13. The summed E-state index contributed by atoms with van der Waals surface area (Å²) in [5.74, 6) is 0.804. The van der Waals surface area contributed by atoms with E-state index in [1.54, 1.807) is 11.3 Å². The number of benzene rings is 2. The first-order chi connectivity index (χ1) is 14.2. The van der Waals surface area contributed by atoms with Crippen LogP contribution in [0.4, 0.5) is 11.4 Å². The molecule has 6 heteroatoms. The van der Waals surface area contributed by atoms with Crippen molar-refractivity contribution >= 4 is 28.6 Å². The maximum absolute atomic E-state index is 12.5. The van der Waals surface area contributed by atoms with Crippen molar-refractivity contribution in [2.24, 2.45) is 0 Å². The Morgan fingerprint density at radius 3 is 2.79 bits per heavy atom. The van der Waals surface area contributed by atoms with Gasteiger partial charge in [-0.05, 0) is 62.2 Å². The van der Waals surface area contributed by atoms with Crippen LogP contribution in [0, 0.1) is 0 Å². The highest BCUT2D eigenvalue weighted by Gasteiger charge is 2.18. The first kappa shape index (κ1) is 19.5. The molecular weight excluding hydrogens is 382 g/mol. The van der Waals surface area contributed by atoms with Crippen LogP contribution in [0.25, 0.3) is 10.6 Å². The smallest absolute Gasteiger partial charge is 0.230 e. The highest BCUT2D eigenvalue weighted by atomic mass is 32.1. The van der Waals surface area contributed by atoms with E-state index in [1.165, 1.54) is 11.3 Å². The fourth-order valence-electron chi connectivity index (χ4n) is 3.60. The molecule has 0 saturated carbocycles. The number of carbonyl (C=O) groups is 1. The molecule has 5 nitrogen and oxygen atoms in total. The third-order valence-corrected chi connectivity index (χ3v) is 5.99. The van der Waals surface area contributed by atoms with Gasteiger partial charge in [-0.3, -0.25) is 4.79 Å². The molecule has 1 amide bonds. The molecule has 1 aromatic heterocycles. The van der Waals surface area contributed by atoms with Crippen molar-refractivity contribution in [1.82, 2.24) is 4.98 Å². The number of anilines is 2. The van der Waals surface area contributed by atoms with Gasteiger partial charge >= 0.3 is 0 Å². The van der Waals surface area contributed by atoms with Crippen molar-refractivity contribution in [3.63, 3.8) is 0 Å². The minimum atomic E-state index is -0.0467. The molecule has 150 valence electrons. The van der Waals surface area contributed by atoms with Crippen molar-refractivity contribution < 1.29 is 9.53 Å². The van der Waals surface area contributed by atoms with Gasteiger partial charge in [0.25, 0.3) is 0 Å². The van der Waals surface area contributed by atoms with Gasteiger partial charge in [-0.2, -0.15) is 0 Å². The summed E-state index contributed by atoms with van der Waals surface area (Å²) < 4.78 is 5.48. The van der Waals surface area contributed by atoms with E-state index in [0.717, 1.165) is 47.2 Å². The third-order valence-electron chi connectivity index (χ3n) is 5.05. The van der Waals surface area contributed by atoms with E-state index < -0.39 is 0 Å². The van der Waals surface area contributed by atoms with Crippen LogP contribution in [0.1, 0.15) is 25.1 Å². The molecule has 0 aliphatic carbocycles. The zero-order chi connectivity index (χ0) is 20.2. The van der Waals surface area contributed by atoms with Crippen molar-refractivity contribution in [3.05, 3.63) is 59.1 Å². The lowest BCUT2D eigenvalue weighted by molar-refractivity contribution is -0.115. The number of likely N-dealkylation sites (N-methyl/N-ethyl adjacent to an activating group) is 1. The lowest BCUT2D eigenvalue weighted by Crippen LogP contribution is -2.19. The van der Waals surface area contributed by atoms with E-state index in [0.29, 0.717) is 6.61 Å². The number of fused-ring (bicyclic) bond motifs is 1.